The van der Waals surface area contributed by atoms with Crippen molar-refractivity contribution >= 4 is 11.2 Å². The zero-order valence-corrected chi connectivity index (χ0v) is 14.2. The number of benzene rings is 1. The van der Waals surface area contributed by atoms with Crippen LogP contribution in [0.3, 0.4) is 0 Å². The molecule has 1 aromatic carbocycles. The van der Waals surface area contributed by atoms with Gasteiger partial charge < -0.3 is 4.55 Å². The monoisotopic (exact) mass is 280 g/mol. The van der Waals surface area contributed by atoms with Crippen molar-refractivity contribution in [1.29, 1.82) is 0 Å². The quantitative estimate of drug-likeness (QED) is 0.681. The van der Waals surface area contributed by atoms with E-state index in [1.54, 1.807) is 0 Å². The summed E-state index contributed by atoms with van der Waals surface area (Å²) in [7, 11) is 0. The molecule has 0 bridgehead atoms. The van der Waals surface area contributed by atoms with Crippen molar-refractivity contribution in [1.82, 2.24) is 0 Å². The molecule has 1 atom stereocenters. The van der Waals surface area contributed by atoms with Crippen LogP contribution < -0.4 is 0 Å². The molecule has 1 nitrogen and oxygen atoms in total. The average Bonchev–Trinajstić information content (AvgIpc) is 2.35. The maximum absolute atomic E-state index is 12.5. The van der Waals surface area contributed by atoms with E-state index in [1.807, 2.05) is 6.92 Å². The summed E-state index contributed by atoms with van der Waals surface area (Å²) in [5.74, 6) is 2.04. The fourth-order valence-electron chi connectivity index (χ4n) is 2.30. The molecule has 0 fully saturated rings. The highest BCUT2D eigenvalue weighted by Gasteiger charge is 2.24. The van der Waals surface area contributed by atoms with E-state index in [0.29, 0.717) is 23.5 Å². The van der Waals surface area contributed by atoms with Crippen LogP contribution in [0.15, 0.2) is 17.0 Å². The van der Waals surface area contributed by atoms with Crippen molar-refractivity contribution in [2.75, 3.05) is 5.75 Å². The van der Waals surface area contributed by atoms with Gasteiger partial charge in [-0.2, -0.15) is 0 Å². The molecule has 0 N–H and O–H groups in total. The third-order valence-corrected chi connectivity index (χ3v) is 5.02. The number of hydrogen-bond donors (Lipinski definition) is 0. The molecule has 2 heteroatoms. The Balaban J connectivity index is 3.55. The van der Waals surface area contributed by atoms with Gasteiger partial charge in [0, 0.05) is 11.1 Å². The molecule has 0 aliphatic rings. The number of hydrogen-bond acceptors (Lipinski definition) is 1. The minimum atomic E-state index is -0.876. The first-order valence-corrected chi connectivity index (χ1v) is 8.67. The second-order valence-electron chi connectivity index (χ2n) is 6.13. The van der Waals surface area contributed by atoms with Crippen LogP contribution in [0.1, 0.15) is 82.9 Å². The molecule has 0 amide bonds. The molecule has 0 aliphatic carbocycles. The summed E-state index contributed by atoms with van der Waals surface area (Å²) in [5.41, 5.74) is 3.91. The van der Waals surface area contributed by atoms with Crippen molar-refractivity contribution in [2.24, 2.45) is 0 Å². The van der Waals surface area contributed by atoms with E-state index in [1.165, 1.54) is 16.7 Å². The largest absolute Gasteiger partial charge is 0.611 e. The SMILES string of the molecule is CC[S+]([O-])c1c(C(C)C)cc(C(C)C)cc1C(C)C. The van der Waals surface area contributed by atoms with Gasteiger partial charge >= 0.3 is 0 Å². The normalized spacial score (nSPS) is 13.6. The van der Waals surface area contributed by atoms with Gasteiger partial charge in [0.15, 0.2) is 4.90 Å². The van der Waals surface area contributed by atoms with Crippen molar-refractivity contribution in [2.45, 2.75) is 71.1 Å². The summed E-state index contributed by atoms with van der Waals surface area (Å²) in [6.07, 6.45) is 0. The molecular formula is C17H28OS. The molecule has 0 radical (unpaired) electrons. The van der Waals surface area contributed by atoms with E-state index in [4.69, 9.17) is 0 Å². The second-order valence-corrected chi connectivity index (χ2v) is 7.80. The number of rotatable bonds is 5. The van der Waals surface area contributed by atoms with Crippen LogP contribution in [0.5, 0.6) is 0 Å². The predicted molar refractivity (Wildman–Crippen MR) is 85.7 cm³/mol. The Morgan fingerprint density at radius 2 is 1.32 bits per heavy atom. The van der Waals surface area contributed by atoms with Gasteiger partial charge in [0.2, 0.25) is 0 Å². The van der Waals surface area contributed by atoms with Crippen LogP contribution >= 0.6 is 0 Å². The van der Waals surface area contributed by atoms with Crippen molar-refractivity contribution in [3.05, 3.63) is 28.8 Å². The Labute approximate surface area is 122 Å². The van der Waals surface area contributed by atoms with Gasteiger partial charge in [-0.15, -0.1) is 0 Å². The molecule has 0 saturated heterocycles. The van der Waals surface area contributed by atoms with E-state index in [2.05, 4.69) is 53.7 Å². The van der Waals surface area contributed by atoms with E-state index >= 15 is 0 Å². The molecule has 0 aliphatic heterocycles. The maximum Gasteiger partial charge on any atom is 0.159 e. The lowest BCUT2D eigenvalue weighted by Crippen LogP contribution is -2.14. The van der Waals surface area contributed by atoms with Crippen LogP contribution in [-0.2, 0) is 11.2 Å². The lowest BCUT2D eigenvalue weighted by Gasteiger charge is -2.23. The van der Waals surface area contributed by atoms with Gasteiger partial charge in [0.05, 0.1) is 0 Å². The summed E-state index contributed by atoms with van der Waals surface area (Å²) in [4.78, 5) is 1.09. The molecule has 0 heterocycles. The second kappa shape index (κ2) is 6.81. The summed E-state index contributed by atoms with van der Waals surface area (Å²) in [5, 5.41) is 0. The minimum absolute atomic E-state index is 0.418. The van der Waals surface area contributed by atoms with Gasteiger partial charge in [0.25, 0.3) is 0 Å². The Morgan fingerprint density at radius 3 is 1.58 bits per heavy atom. The Hall–Kier alpha value is -0.470. The molecule has 1 rings (SSSR count). The molecule has 108 valence electrons. The molecule has 0 saturated carbocycles. The zero-order chi connectivity index (χ0) is 14.7. The Kier molecular flexibility index (Phi) is 5.94. The van der Waals surface area contributed by atoms with Crippen LogP contribution in [0.25, 0.3) is 0 Å². The summed E-state index contributed by atoms with van der Waals surface area (Å²) >= 11 is -0.876. The Bertz CT molecular complexity index is 392. The van der Waals surface area contributed by atoms with Crippen LogP contribution in [0.4, 0.5) is 0 Å². The first-order valence-electron chi connectivity index (χ1n) is 7.35. The van der Waals surface area contributed by atoms with Gasteiger partial charge in [-0.1, -0.05) is 53.7 Å². The zero-order valence-electron chi connectivity index (χ0n) is 13.4. The van der Waals surface area contributed by atoms with Crippen molar-refractivity contribution < 1.29 is 4.55 Å². The first kappa shape index (κ1) is 16.6. The van der Waals surface area contributed by atoms with Crippen molar-refractivity contribution in [3.63, 3.8) is 0 Å². The van der Waals surface area contributed by atoms with Gasteiger partial charge in [0.1, 0.15) is 5.75 Å². The maximum atomic E-state index is 12.5. The highest BCUT2D eigenvalue weighted by atomic mass is 32.2. The Morgan fingerprint density at radius 1 is 0.895 bits per heavy atom. The fourth-order valence-corrected chi connectivity index (χ4v) is 3.70. The summed E-state index contributed by atoms with van der Waals surface area (Å²) in [6, 6.07) is 4.54. The third kappa shape index (κ3) is 3.76. The third-order valence-electron chi connectivity index (χ3n) is 3.57. The molecule has 1 aromatic rings. The first-order chi connectivity index (χ1) is 8.79. The topological polar surface area (TPSA) is 23.1 Å². The molecule has 1 unspecified atom stereocenters. The van der Waals surface area contributed by atoms with Gasteiger partial charge in [-0.3, -0.25) is 0 Å². The smallest absolute Gasteiger partial charge is 0.159 e. The molecular weight excluding hydrogens is 252 g/mol. The van der Waals surface area contributed by atoms with Gasteiger partial charge in [-0.25, -0.2) is 0 Å². The lowest BCUT2D eigenvalue weighted by atomic mass is 9.89. The summed E-state index contributed by atoms with van der Waals surface area (Å²) in [6.45, 7) is 15.2. The fraction of sp³-hybridized carbons (Fsp3) is 0.647. The average molecular weight is 280 g/mol. The minimum Gasteiger partial charge on any atom is -0.611 e. The van der Waals surface area contributed by atoms with Crippen LogP contribution in [0.2, 0.25) is 0 Å². The van der Waals surface area contributed by atoms with Crippen LogP contribution in [-0.4, -0.2) is 10.3 Å². The predicted octanol–water partition coefficient (Wildman–Crippen LogP) is 5.18. The van der Waals surface area contributed by atoms with Crippen LogP contribution in [0, 0.1) is 0 Å². The van der Waals surface area contributed by atoms with E-state index < -0.39 is 11.2 Å². The summed E-state index contributed by atoms with van der Waals surface area (Å²) < 4.78 is 12.5. The van der Waals surface area contributed by atoms with E-state index in [9.17, 15) is 4.55 Å². The highest BCUT2D eigenvalue weighted by molar-refractivity contribution is 7.91. The highest BCUT2D eigenvalue weighted by Crippen LogP contribution is 2.35. The molecule has 19 heavy (non-hydrogen) atoms. The standard InChI is InChI=1S/C17H28OS/c1-8-19(18)17-15(12(4)5)9-14(11(2)3)10-16(17)13(6)7/h9-13H,8H2,1-7H3. The van der Waals surface area contributed by atoms with E-state index in [-0.39, 0.29) is 0 Å². The lowest BCUT2D eigenvalue weighted by molar-refractivity contribution is 0.590. The van der Waals surface area contributed by atoms with Gasteiger partial charge in [-0.05, 0) is 41.4 Å². The molecule has 0 spiro atoms. The molecule has 0 aromatic heterocycles. The van der Waals surface area contributed by atoms with E-state index in [0.717, 1.165) is 4.90 Å². The van der Waals surface area contributed by atoms with Crippen molar-refractivity contribution in [3.8, 4) is 0 Å².